The third-order valence-corrected chi connectivity index (χ3v) is 4.14. The molecular weight excluding hydrogens is 378 g/mol. The number of halogens is 1. The molecule has 0 saturated carbocycles. The van der Waals surface area contributed by atoms with E-state index in [0.717, 1.165) is 11.1 Å². The number of hydrogen-bond acceptors (Lipinski definition) is 6. The largest absolute Gasteiger partial charge is 0.382 e. The molecule has 8 nitrogen and oxygen atoms in total. The summed E-state index contributed by atoms with van der Waals surface area (Å²) in [5.41, 5.74) is 18.8. The molecule has 0 saturated heterocycles. The van der Waals surface area contributed by atoms with E-state index in [0.29, 0.717) is 0 Å². The predicted octanol–water partition coefficient (Wildman–Crippen LogP) is 2.13. The number of aliphatic imine (C=N–C) groups is 1. The fourth-order valence-electron chi connectivity index (χ4n) is 2.57. The van der Waals surface area contributed by atoms with E-state index >= 15 is 0 Å². The number of carbonyl (C=O) groups excluding carboxylic acids is 1. The maximum Gasteiger partial charge on any atom is 0.280 e. The molecule has 0 spiro atoms. The summed E-state index contributed by atoms with van der Waals surface area (Å²) in [6.45, 7) is 0. The van der Waals surface area contributed by atoms with Crippen LogP contribution in [-0.2, 0) is 0 Å². The highest BCUT2D eigenvalue weighted by Crippen LogP contribution is 2.25. The molecule has 0 fully saturated rings. The highest BCUT2D eigenvalue weighted by Gasteiger charge is 2.18. The first kappa shape index (κ1) is 19.1. The van der Waals surface area contributed by atoms with Crippen LogP contribution in [0.25, 0.3) is 0 Å². The van der Waals surface area contributed by atoms with Crippen molar-refractivity contribution in [1.29, 1.82) is 0 Å². The second kappa shape index (κ2) is 8.36. The second-order valence-electron chi connectivity index (χ2n) is 5.83. The van der Waals surface area contributed by atoms with Crippen molar-refractivity contribution in [2.75, 3.05) is 11.5 Å². The molecule has 0 atom stereocenters. The summed E-state index contributed by atoms with van der Waals surface area (Å²) in [6, 6.07) is 18.8. The quantitative estimate of drug-likeness (QED) is 0.393. The Morgan fingerprint density at radius 2 is 1.46 bits per heavy atom. The summed E-state index contributed by atoms with van der Waals surface area (Å²) in [5.74, 6) is -1.01. The summed E-state index contributed by atoms with van der Waals surface area (Å²) in [6.07, 6.45) is 0. The van der Waals surface area contributed by atoms with Crippen molar-refractivity contribution in [3.05, 3.63) is 82.6 Å². The van der Waals surface area contributed by atoms with Crippen LogP contribution < -0.4 is 22.5 Å². The number of rotatable bonds is 4. The van der Waals surface area contributed by atoms with Gasteiger partial charge in [-0.05, 0) is 11.1 Å². The van der Waals surface area contributed by atoms with Gasteiger partial charge in [0.15, 0.2) is 28.4 Å². The maximum atomic E-state index is 12.4. The van der Waals surface area contributed by atoms with Crippen molar-refractivity contribution in [2.24, 2.45) is 10.7 Å². The molecule has 1 amide bonds. The van der Waals surface area contributed by atoms with Gasteiger partial charge >= 0.3 is 0 Å². The second-order valence-corrected chi connectivity index (χ2v) is 6.18. The van der Waals surface area contributed by atoms with Crippen molar-refractivity contribution < 1.29 is 4.79 Å². The lowest BCUT2D eigenvalue weighted by atomic mass is 9.99. The van der Waals surface area contributed by atoms with E-state index in [1.807, 2.05) is 60.7 Å². The molecule has 0 radical (unpaired) electrons. The minimum Gasteiger partial charge on any atom is -0.382 e. The van der Waals surface area contributed by atoms with E-state index in [-0.39, 0.29) is 28.4 Å². The number of benzene rings is 2. The Labute approximate surface area is 166 Å². The SMILES string of the molecule is NC(=NC(c1ccccc1)c1ccccc1)NC(=O)c1nc(Cl)c(N)nc1N. The van der Waals surface area contributed by atoms with E-state index < -0.39 is 11.9 Å². The Morgan fingerprint density at radius 3 is 2.00 bits per heavy atom. The first-order chi connectivity index (χ1) is 13.5. The highest BCUT2D eigenvalue weighted by atomic mass is 35.5. The van der Waals surface area contributed by atoms with Gasteiger partial charge in [-0.25, -0.2) is 15.0 Å². The van der Waals surface area contributed by atoms with E-state index in [1.165, 1.54) is 0 Å². The summed E-state index contributed by atoms with van der Waals surface area (Å²) in [7, 11) is 0. The monoisotopic (exact) mass is 395 g/mol. The number of carbonyl (C=O) groups is 1. The zero-order valence-electron chi connectivity index (χ0n) is 14.7. The van der Waals surface area contributed by atoms with Crippen molar-refractivity contribution in [1.82, 2.24) is 15.3 Å². The predicted molar refractivity (Wildman–Crippen MR) is 110 cm³/mol. The van der Waals surface area contributed by atoms with Crippen LogP contribution in [0.3, 0.4) is 0 Å². The smallest absolute Gasteiger partial charge is 0.280 e. The maximum absolute atomic E-state index is 12.4. The number of amides is 1. The van der Waals surface area contributed by atoms with Crippen LogP contribution in [0.15, 0.2) is 65.7 Å². The number of nitrogens with zero attached hydrogens (tertiary/aromatic N) is 3. The van der Waals surface area contributed by atoms with E-state index in [1.54, 1.807) is 0 Å². The van der Waals surface area contributed by atoms with Gasteiger partial charge in [-0.2, -0.15) is 0 Å². The van der Waals surface area contributed by atoms with Gasteiger partial charge < -0.3 is 17.2 Å². The van der Waals surface area contributed by atoms with Gasteiger partial charge in [-0.1, -0.05) is 72.3 Å². The summed E-state index contributed by atoms with van der Waals surface area (Å²) < 4.78 is 0. The fraction of sp³-hybridized carbons (Fsp3) is 0.0526. The topological polar surface area (TPSA) is 145 Å². The van der Waals surface area contributed by atoms with Crippen LogP contribution in [0, 0.1) is 0 Å². The van der Waals surface area contributed by atoms with Crippen molar-refractivity contribution in [3.8, 4) is 0 Å². The Balaban J connectivity index is 1.89. The Morgan fingerprint density at radius 1 is 0.929 bits per heavy atom. The Kier molecular flexibility index (Phi) is 5.71. The summed E-state index contributed by atoms with van der Waals surface area (Å²) >= 11 is 5.82. The number of nitrogen functional groups attached to an aromatic ring is 2. The van der Waals surface area contributed by atoms with Gasteiger partial charge in [0.05, 0.1) is 0 Å². The lowest BCUT2D eigenvalue weighted by molar-refractivity contribution is 0.0972. The van der Waals surface area contributed by atoms with Crippen molar-refractivity contribution in [2.45, 2.75) is 6.04 Å². The van der Waals surface area contributed by atoms with Crippen LogP contribution >= 0.6 is 11.6 Å². The van der Waals surface area contributed by atoms with Crippen molar-refractivity contribution >= 4 is 35.1 Å². The Bertz CT molecular complexity index is 970. The number of nitrogens with two attached hydrogens (primary N) is 3. The van der Waals surface area contributed by atoms with Gasteiger partial charge in [0.2, 0.25) is 0 Å². The number of aromatic nitrogens is 2. The molecule has 28 heavy (non-hydrogen) atoms. The van der Waals surface area contributed by atoms with E-state index in [2.05, 4.69) is 20.3 Å². The lowest BCUT2D eigenvalue weighted by Gasteiger charge is -2.15. The van der Waals surface area contributed by atoms with E-state index in [9.17, 15) is 4.79 Å². The van der Waals surface area contributed by atoms with Gasteiger partial charge in [0, 0.05) is 0 Å². The molecular formula is C19H18ClN7O. The van der Waals surface area contributed by atoms with Gasteiger partial charge in [-0.3, -0.25) is 10.1 Å². The number of guanidine groups is 1. The molecule has 1 aromatic heterocycles. The molecule has 3 aromatic rings. The number of hydrogen-bond donors (Lipinski definition) is 4. The Hall–Kier alpha value is -3.65. The third-order valence-electron chi connectivity index (χ3n) is 3.86. The van der Waals surface area contributed by atoms with E-state index in [4.69, 9.17) is 28.8 Å². The minimum atomic E-state index is -0.687. The van der Waals surface area contributed by atoms with Gasteiger partial charge in [0.1, 0.15) is 6.04 Å². The molecule has 0 unspecified atom stereocenters. The average Bonchev–Trinajstić information content (AvgIpc) is 2.70. The molecule has 7 N–H and O–H groups in total. The molecule has 0 bridgehead atoms. The molecule has 0 aliphatic heterocycles. The molecule has 0 aliphatic carbocycles. The highest BCUT2D eigenvalue weighted by molar-refractivity contribution is 6.31. The van der Waals surface area contributed by atoms with Gasteiger partial charge in [-0.15, -0.1) is 0 Å². The molecule has 142 valence electrons. The first-order valence-electron chi connectivity index (χ1n) is 8.28. The summed E-state index contributed by atoms with van der Waals surface area (Å²) in [5, 5.41) is 2.34. The fourth-order valence-corrected chi connectivity index (χ4v) is 2.69. The van der Waals surface area contributed by atoms with Crippen LogP contribution in [0.2, 0.25) is 5.15 Å². The average molecular weight is 396 g/mol. The number of nitrogens with one attached hydrogen (secondary N) is 1. The zero-order valence-corrected chi connectivity index (χ0v) is 15.5. The molecule has 9 heteroatoms. The summed E-state index contributed by atoms with van der Waals surface area (Å²) in [4.78, 5) is 24.5. The first-order valence-corrected chi connectivity index (χ1v) is 8.66. The van der Waals surface area contributed by atoms with Crippen LogP contribution in [0.1, 0.15) is 27.7 Å². The van der Waals surface area contributed by atoms with Gasteiger partial charge in [0.25, 0.3) is 5.91 Å². The minimum absolute atomic E-state index is 0.0643. The molecule has 3 rings (SSSR count). The normalized spacial score (nSPS) is 11.4. The lowest BCUT2D eigenvalue weighted by Crippen LogP contribution is -2.38. The van der Waals surface area contributed by atoms with Crippen LogP contribution in [0.5, 0.6) is 0 Å². The van der Waals surface area contributed by atoms with Crippen LogP contribution in [0.4, 0.5) is 11.6 Å². The van der Waals surface area contributed by atoms with Crippen LogP contribution in [-0.4, -0.2) is 21.8 Å². The third kappa shape index (κ3) is 4.36. The molecule has 0 aliphatic rings. The molecule has 1 heterocycles. The molecule has 2 aromatic carbocycles. The standard InChI is InChI=1S/C19H18ClN7O/c20-15-17(22)26-16(21)14(24-15)18(28)27-19(23)25-13(11-7-3-1-4-8-11)12-9-5-2-6-10-12/h1-10,13H,(H4,21,22,26)(H3,23,25,27,28). The van der Waals surface area contributed by atoms with Crippen molar-refractivity contribution in [3.63, 3.8) is 0 Å². The number of anilines is 2. The zero-order chi connectivity index (χ0) is 20.1.